The molecule has 0 unspecified atom stereocenters. The van der Waals surface area contributed by atoms with Crippen molar-refractivity contribution in [3.63, 3.8) is 0 Å². The van der Waals surface area contributed by atoms with Crippen LogP contribution in [0.4, 0.5) is 0 Å². The largest absolute Gasteiger partial charge is 0.389 e. The Labute approximate surface area is 101 Å². The Bertz CT molecular complexity index is 526. The molecule has 0 bridgehead atoms. The van der Waals surface area contributed by atoms with Crippen molar-refractivity contribution in [2.75, 3.05) is 0 Å². The summed E-state index contributed by atoms with van der Waals surface area (Å²) >= 11 is 5.06. The second kappa shape index (κ2) is 4.26. The Kier molecular flexibility index (Phi) is 2.97. The average Bonchev–Trinajstić information content (AvgIpc) is 2.60. The molecule has 1 aromatic carbocycles. The summed E-state index contributed by atoms with van der Waals surface area (Å²) in [7, 11) is 0. The van der Waals surface area contributed by atoms with E-state index in [1.807, 2.05) is 12.1 Å². The second-order valence-electron chi connectivity index (χ2n) is 4.46. The number of rotatable bonds is 3. The lowest BCUT2D eigenvalue weighted by Gasteiger charge is -2.09. The lowest BCUT2D eigenvalue weighted by atomic mass is 10.1. The quantitative estimate of drug-likeness (QED) is 0.825. The van der Waals surface area contributed by atoms with E-state index in [0.717, 1.165) is 17.5 Å². The average molecular weight is 232 g/mol. The van der Waals surface area contributed by atoms with Gasteiger partial charge in [0, 0.05) is 29.2 Å². The van der Waals surface area contributed by atoms with E-state index in [2.05, 4.69) is 36.7 Å². The molecule has 1 aromatic heterocycles. The van der Waals surface area contributed by atoms with Crippen LogP contribution in [-0.2, 0) is 6.54 Å². The summed E-state index contributed by atoms with van der Waals surface area (Å²) in [6.07, 6.45) is 2.10. The van der Waals surface area contributed by atoms with Gasteiger partial charge in [0.1, 0.15) is 4.99 Å². The summed E-state index contributed by atoms with van der Waals surface area (Å²) in [5.74, 6) is 0.629. The lowest BCUT2D eigenvalue weighted by molar-refractivity contribution is 0.535. The molecule has 0 aliphatic rings. The van der Waals surface area contributed by atoms with E-state index in [0.29, 0.717) is 10.9 Å². The number of fused-ring (bicyclic) bond motifs is 1. The van der Waals surface area contributed by atoms with Crippen molar-refractivity contribution in [2.24, 2.45) is 11.7 Å². The third kappa shape index (κ3) is 1.95. The molecule has 0 aliphatic carbocycles. The molecule has 1 heterocycles. The first-order valence-electron chi connectivity index (χ1n) is 5.47. The topological polar surface area (TPSA) is 30.9 Å². The summed E-state index contributed by atoms with van der Waals surface area (Å²) in [6.45, 7) is 5.44. The first-order chi connectivity index (χ1) is 7.59. The van der Waals surface area contributed by atoms with Gasteiger partial charge in [-0.15, -0.1) is 0 Å². The van der Waals surface area contributed by atoms with Crippen LogP contribution in [0.15, 0.2) is 30.5 Å². The van der Waals surface area contributed by atoms with Gasteiger partial charge in [-0.05, 0) is 18.1 Å². The van der Waals surface area contributed by atoms with E-state index in [1.165, 1.54) is 5.52 Å². The molecular weight excluding hydrogens is 216 g/mol. The zero-order valence-electron chi connectivity index (χ0n) is 9.60. The Balaban J connectivity index is 2.57. The molecule has 0 spiro atoms. The molecule has 2 rings (SSSR count). The highest BCUT2D eigenvalue weighted by Gasteiger charge is 2.07. The van der Waals surface area contributed by atoms with Crippen LogP contribution in [0.2, 0.25) is 0 Å². The summed E-state index contributed by atoms with van der Waals surface area (Å²) in [5, 5.41) is 1.15. The van der Waals surface area contributed by atoms with Gasteiger partial charge in [-0.25, -0.2) is 0 Å². The van der Waals surface area contributed by atoms with Gasteiger partial charge in [0.15, 0.2) is 0 Å². The first-order valence-corrected chi connectivity index (χ1v) is 5.88. The monoisotopic (exact) mass is 232 g/mol. The predicted molar refractivity (Wildman–Crippen MR) is 72.7 cm³/mol. The van der Waals surface area contributed by atoms with Gasteiger partial charge in [-0.1, -0.05) is 38.2 Å². The van der Waals surface area contributed by atoms with Crippen molar-refractivity contribution in [3.8, 4) is 0 Å². The van der Waals surface area contributed by atoms with Gasteiger partial charge in [0.25, 0.3) is 0 Å². The molecule has 2 N–H and O–H groups in total. The van der Waals surface area contributed by atoms with Crippen LogP contribution in [0.3, 0.4) is 0 Å². The number of thiocarbonyl (C=S) groups is 1. The van der Waals surface area contributed by atoms with Crippen molar-refractivity contribution in [2.45, 2.75) is 20.4 Å². The SMILES string of the molecule is CC(C)Cn1ccc2c(C(N)=S)cccc21. The van der Waals surface area contributed by atoms with Crippen molar-refractivity contribution in [1.29, 1.82) is 0 Å². The summed E-state index contributed by atoms with van der Waals surface area (Å²) in [4.78, 5) is 0.466. The third-order valence-electron chi connectivity index (χ3n) is 2.64. The maximum Gasteiger partial charge on any atom is 0.104 e. The second-order valence-corrected chi connectivity index (χ2v) is 4.90. The highest BCUT2D eigenvalue weighted by atomic mass is 32.1. The van der Waals surface area contributed by atoms with Crippen LogP contribution in [0.1, 0.15) is 19.4 Å². The molecule has 3 heteroatoms. The Morgan fingerprint density at radius 1 is 1.38 bits per heavy atom. The zero-order valence-corrected chi connectivity index (χ0v) is 10.4. The minimum absolute atomic E-state index is 0.466. The van der Waals surface area contributed by atoms with Crippen LogP contribution < -0.4 is 5.73 Å². The number of benzene rings is 1. The van der Waals surface area contributed by atoms with Gasteiger partial charge < -0.3 is 10.3 Å². The maximum atomic E-state index is 5.71. The number of hydrogen-bond donors (Lipinski definition) is 1. The van der Waals surface area contributed by atoms with Gasteiger partial charge in [0.2, 0.25) is 0 Å². The highest BCUT2D eigenvalue weighted by molar-refractivity contribution is 7.80. The minimum Gasteiger partial charge on any atom is -0.389 e. The molecule has 0 saturated heterocycles. The van der Waals surface area contributed by atoms with Gasteiger partial charge >= 0.3 is 0 Å². The van der Waals surface area contributed by atoms with E-state index < -0.39 is 0 Å². The molecule has 0 saturated carbocycles. The fourth-order valence-corrected chi connectivity index (χ4v) is 2.17. The molecule has 0 fully saturated rings. The number of nitrogens with two attached hydrogens (primary N) is 1. The molecule has 0 aliphatic heterocycles. The van der Waals surface area contributed by atoms with Crippen LogP contribution in [0.5, 0.6) is 0 Å². The fraction of sp³-hybridized carbons (Fsp3) is 0.308. The summed E-state index contributed by atoms with van der Waals surface area (Å²) in [5.41, 5.74) is 7.89. The van der Waals surface area contributed by atoms with Crippen LogP contribution in [-0.4, -0.2) is 9.56 Å². The maximum absolute atomic E-state index is 5.71. The predicted octanol–water partition coefficient (Wildman–Crippen LogP) is 2.93. The zero-order chi connectivity index (χ0) is 11.7. The molecule has 2 aromatic rings. The van der Waals surface area contributed by atoms with Gasteiger partial charge in [-0.2, -0.15) is 0 Å². The van der Waals surface area contributed by atoms with E-state index in [4.69, 9.17) is 18.0 Å². The molecular formula is C13H16N2S. The Hall–Kier alpha value is -1.35. The molecule has 0 atom stereocenters. The Morgan fingerprint density at radius 3 is 2.75 bits per heavy atom. The van der Waals surface area contributed by atoms with Crippen LogP contribution in [0, 0.1) is 5.92 Å². The Morgan fingerprint density at radius 2 is 2.12 bits per heavy atom. The summed E-state index contributed by atoms with van der Waals surface area (Å²) in [6, 6.07) is 8.18. The standard InChI is InChI=1S/C13H16N2S/c1-9(2)8-15-7-6-10-11(13(14)16)4-3-5-12(10)15/h3-7,9H,8H2,1-2H3,(H2,14,16). The first kappa shape index (κ1) is 11.1. The number of hydrogen-bond acceptors (Lipinski definition) is 1. The lowest BCUT2D eigenvalue weighted by Crippen LogP contribution is -2.09. The van der Waals surface area contributed by atoms with Crippen LogP contribution >= 0.6 is 12.2 Å². The van der Waals surface area contributed by atoms with E-state index in [1.54, 1.807) is 0 Å². The fourth-order valence-electron chi connectivity index (χ4n) is 1.99. The van der Waals surface area contributed by atoms with Crippen molar-refractivity contribution >= 4 is 28.1 Å². The smallest absolute Gasteiger partial charge is 0.104 e. The molecule has 84 valence electrons. The molecule has 2 nitrogen and oxygen atoms in total. The third-order valence-corrected chi connectivity index (χ3v) is 2.86. The minimum atomic E-state index is 0.466. The number of aromatic nitrogens is 1. The molecule has 0 amide bonds. The molecule has 16 heavy (non-hydrogen) atoms. The van der Waals surface area contributed by atoms with Crippen molar-refractivity contribution in [1.82, 2.24) is 4.57 Å². The van der Waals surface area contributed by atoms with Crippen LogP contribution in [0.25, 0.3) is 10.9 Å². The van der Waals surface area contributed by atoms with E-state index >= 15 is 0 Å². The van der Waals surface area contributed by atoms with Crippen molar-refractivity contribution < 1.29 is 0 Å². The van der Waals surface area contributed by atoms with Gasteiger partial charge in [0.05, 0.1) is 0 Å². The van der Waals surface area contributed by atoms with Gasteiger partial charge in [-0.3, -0.25) is 0 Å². The highest BCUT2D eigenvalue weighted by Crippen LogP contribution is 2.21. The van der Waals surface area contributed by atoms with E-state index in [9.17, 15) is 0 Å². The van der Waals surface area contributed by atoms with E-state index in [-0.39, 0.29) is 0 Å². The molecule has 0 radical (unpaired) electrons. The normalized spacial score (nSPS) is 11.2. The van der Waals surface area contributed by atoms with Crippen molar-refractivity contribution in [3.05, 3.63) is 36.0 Å². The summed E-state index contributed by atoms with van der Waals surface area (Å²) < 4.78 is 2.25. The number of nitrogens with zero attached hydrogens (tertiary/aromatic N) is 1.